The predicted molar refractivity (Wildman–Crippen MR) is 61.0 cm³/mol. The van der Waals surface area contributed by atoms with E-state index in [1.807, 2.05) is 0 Å². The zero-order valence-corrected chi connectivity index (χ0v) is 9.27. The van der Waals surface area contributed by atoms with E-state index in [2.05, 4.69) is 20.7 Å². The second-order valence-corrected chi connectivity index (χ2v) is 2.94. The van der Waals surface area contributed by atoms with Gasteiger partial charge in [0.25, 0.3) is 0 Å². The van der Waals surface area contributed by atoms with Crippen LogP contribution in [-0.2, 0) is 9.47 Å². The average Bonchev–Trinajstić information content (AvgIpc) is 2.34. The van der Waals surface area contributed by atoms with E-state index in [4.69, 9.17) is 15.3 Å². The van der Waals surface area contributed by atoms with E-state index in [9.17, 15) is 0 Å². The smallest absolute Gasteiger partial charge is 0.239 e. The third-order valence-corrected chi connectivity index (χ3v) is 1.77. The standard InChI is InChI=1S/C9H17N5O2/c1-15-6-7-16-5-4-11-8-2-3-12-9(13-8)14-10/h2-3H,4-7,10H2,1H3,(H2,11,12,13,14). The van der Waals surface area contributed by atoms with Gasteiger partial charge in [-0.25, -0.2) is 10.8 Å². The topological polar surface area (TPSA) is 94.3 Å². The van der Waals surface area contributed by atoms with Crippen LogP contribution in [0, 0.1) is 0 Å². The summed E-state index contributed by atoms with van der Waals surface area (Å²) in [6.45, 7) is 2.47. The maximum absolute atomic E-state index is 5.28. The molecule has 0 atom stereocenters. The van der Waals surface area contributed by atoms with Crippen molar-refractivity contribution >= 4 is 11.8 Å². The van der Waals surface area contributed by atoms with Gasteiger partial charge >= 0.3 is 0 Å². The maximum Gasteiger partial charge on any atom is 0.239 e. The summed E-state index contributed by atoms with van der Waals surface area (Å²) in [6.07, 6.45) is 1.62. The zero-order valence-electron chi connectivity index (χ0n) is 9.27. The van der Waals surface area contributed by atoms with Gasteiger partial charge in [0.15, 0.2) is 0 Å². The molecule has 0 spiro atoms. The quantitative estimate of drug-likeness (QED) is 0.322. The Morgan fingerprint density at radius 1 is 1.38 bits per heavy atom. The zero-order chi connectivity index (χ0) is 11.6. The van der Waals surface area contributed by atoms with Gasteiger partial charge < -0.3 is 14.8 Å². The first-order valence-corrected chi connectivity index (χ1v) is 4.97. The van der Waals surface area contributed by atoms with E-state index >= 15 is 0 Å². The van der Waals surface area contributed by atoms with Crippen molar-refractivity contribution in [3.8, 4) is 0 Å². The van der Waals surface area contributed by atoms with Gasteiger partial charge in [0.1, 0.15) is 5.82 Å². The fourth-order valence-electron chi connectivity index (χ4n) is 1.02. The molecule has 0 aromatic carbocycles. The molecular weight excluding hydrogens is 210 g/mol. The third-order valence-electron chi connectivity index (χ3n) is 1.77. The Morgan fingerprint density at radius 2 is 2.25 bits per heavy atom. The number of methoxy groups -OCH3 is 1. The number of hydrogen-bond acceptors (Lipinski definition) is 7. The van der Waals surface area contributed by atoms with Crippen molar-refractivity contribution in [3.63, 3.8) is 0 Å². The molecule has 7 heteroatoms. The molecule has 1 heterocycles. The molecule has 4 N–H and O–H groups in total. The first-order chi connectivity index (χ1) is 7.86. The highest BCUT2D eigenvalue weighted by atomic mass is 16.5. The highest BCUT2D eigenvalue weighted by molar-refractivity contribution is 5.38. The Bertz CT molecular complexity index is 297. The van der Waals surface area contributed by atoms with Crippen LogP contribution in [-0.4, -0.2) is 43.4 Å². The molecule has 0 fully saturated rings. The molecular formula is C9H17N5O2. The minimum Gasteiger partial charge on any atom is -0.382 e. The van der Waals surface area contributed by atoms with E-state index in [-0.39, 0.29) is 0 Å². The lowest BCUT2D eigenvalue weighted by atomic mass is 10.5. The van der Waals surface area contributed by atoms with E-state index in [0.29, 0.717) is 38.1 Å². The van der Waals surface area contributed by atoms with Gasteiger partial charge in [-0.05, 0) is 6.07 Å². The summed E-state index contributed by atoms with van der Waals surface area (Å²) in [5, 5.41) is 3.08. The van der Waals surface area contributed by atoms with Crippen LogP contribution in [0.15, 0.2) is 12.3 Å². The third kappa shape index (κ3) is 4.87. The minimum atomic E-state index is 0.380. The number of hydrogen-bond donors (Lipinski definition) is 3. The number of nitrogens with one attached hydrogen (secondary N) is 2. The minimum absolute atomic E-state index is 0.380. The molecule has 0 saturated carbocycles. The van der Waals surface area contributed by atoms with Crippen molar-refractivity contribution in [3.05, 3.63) is 12.3 Å². The molecule has 16 heavy (non-hydrogen) atoms. The fraction of sp³-hybridized carbons (Fsp3) is 0.556. The molecule has 0 radical (unpaired) electrons. The molecule has 0 aliphatic carbocycles. The van der Waals surface area contributed by atoms with Crippen molar-refractivity contribution in [1.82, 2.24) is 9.97 Å². The van der Waals surface area contributed by atoms with Gasteiger partial charge in [-0.15, -0.1) is 0 Å². The number of aromatic nitrogens is 2. The monoisotopic (exact) mass is 227 g/mol. The number of nitrogens with two attached hydrogens (primary N) is 1. The second kappa shape index (κ2) is 7.80. The molecule has 0 unspecified atom stereocenters. The molecule has 0 aliphatic heterocycles. The number of rotatable bonds is 8. The molecule has 0 aliphatic rings. The van der Waals surface area contributed by atoms with Crippen LogP contribution in [0.5, 0.6) is 0 Å². The van der Waals surface area contributed by atoms with Crippen LogP contribution in [0.2, 0.25) is 0 Å². The van der Waals surface area contributed by atoms with Gasteiger partial charge in [-0.1, -0.05) is 0 Å². The number of nitrogen functional groups attached to an aromatic ring is 1. The lowest BCUT2D eigenvalue weighted by Crippen LogP contribution is -2.14. The Morgan fingerprint density at radius 3 is 3.00 bits per heavy atom. The van der Waals surface area contributed by atoms with Crippen LogP contribution in [0.25, 0.3) is 0 Å². The van der Waals surface area contributed by atoms with Crippen LogP contribution < -0.4 is 16.6 Å². The van der Waals surface area contributed by atoms with Gasteiger partial charge in [0.05, 0.1) is 19.8 Å². The summed E-state index contributed by atoms with van der Waals surface area (Å²) >= 11 is 0. The van der Waals surface area contributed by atoms with E-state index in [0.717, 1.165) is 0 Å². The molecule has 7 nitrogen and oxygen atoms in total. The summed E-state index contributed by atoms with van der Waals surface area (Å²) < 4.78 is 10.1. The largest absolute Gasteiger partial charge is 0.382 e. The number of anilines is 2. The lowest BCUT2D eigenvalue weighted by molar-refractivity contribution is 0.0759. The van der Waals surface area contributed by atoms with Crippen molar-refractivity contribution in [2.45, 2.75) is 0 Å². The first kappa shape index (κ1) is 12.6. The second-order valence-electron chi connectivity index (χ2n) is 2.94. The molecule has 0 saturated heterocycles. The van der Waals surface area contributed by atoms with Crippen LogP contribution in [0.3, 0.4) is 0 Å². The first-order valence-electron chi connectivity index (χ1n) is 4.97. The molecule has 1 aromatic rings. The van der Waals surface area contributed by atoms with Crippen LogP contribution in [0.4, 0.5) is 11.8 Å². The van der Waals surface area contributed by atoms with Crippen molar-refractivity contribution < 1.29 is 9.47 Å². The van der Waals surface area contributed by atoms with E-state index < -0.39 is 0 Å². The Labute approximate surface area is 94.3 Å². The predicted octanol–water partition coefficient (Wildman–Crippen LogP) is -0.163. The summed E-state index contributed by atoms with van der Waals surface area (Å²) in [6, 6.07) is 1.76. The SMILES string of the molecule is COCCOCCNc1ccnc(NN)n1. The van der Waals surface area contributed by atoms with Gasteiger partial charge in [-0.2, -0.15) is 4.98 Å². The molecule has 1 aromatic heterocycles. The number of nitrogens with zero attached hydrogens (tertiary/aromatic N) is 2. The molecule has 1 rings (SSSR count). The number of ether oxygens (including phenoxy) is 2. The summed E-state index contributed by atoms with van der Waals surface area (Å²) in [5.74, 6) is 6.27. The normalized spacial score (nSPS) is 10.1. The van der Waals surface area contributed by atoms with E-state index in [1.54, 1.807) is 19.4 Å². The average molecular weight is 227 g/mol. The van der Waals surface area contributed by atoms with Crippen molar-refractivity contribution in [2.24, 2.45) is 5.84 Å². The molecule has 0 amide bonds. The molecule has 90 valence electrons. The summed E-state index contributed by atoms with van der Waals surface area (Å²) in [7, 11) is 1.64. The van der Waals surface area contributed by atoms with Gasteiger partial charge in [-0.3, -0.25) is 5.43 Å². The number of hydrazine groups is 1. The maximum atomic E-state index is 5.28. The molecule has 0 bridgehead atoms. The lowest BCUT2D eigenvalue weighted by Gasteiger charge is -2.07. The van der Waals surface area contributed by atoms with Gasteiger partial charge in [0, 0.05) is 19.9 Å². The van der Waals surface area contributed by atoms with Crippen LogP contribution >= 0.6 is 0 Å². The highest BCUT2D eigenvalue weighted by Gasteiger charge is 1.96. The van der Waals surface area contributed by atoms with Gasteiger partial charge in [0.2, 0.25) is 5.95 Å². The highest BCUT2D eigenvalue weighted by Crippen LogP contribution is 2.03. The fourth-order valence-corrected chi connectivity index (χ4v) is 1.02. The van der Waals surface area contributed by atoms with Crippen molar-refractivity contribution in [2.75, 3.05) is 44.2 Å². The Kier molecular flexibility index (Phi) is 6.16. The van der Waals surface area contributed by atoms with Crippen molar-refractivity contribution in [1.29, 1.82) is 0 Å². The Hall–Kier alpha value is -1.44. The van der Waals surface area contributed by atoms with Crippen LogP contribution in [0.1, 0.15) is 0 Å². The Balaban J connectivity index is 2.16. The summed E-state index contributed by atoms with van der Waals surface area (Å²) in [4.78, 5) is 7.98. The summed E-state index contributed by atoms with van der Waals surface area (Å²) in [5.41, 5.74) is 2.38. The van der Waals surface area contributed by atoms with E-state index in [1.165, 1.54) is 0 Å².